The lowest BCUT2D eigenvalue weighted by molar-refractivity contribution is -0.145. The van der Waals surface area contributed by atoms with E-state index in [9.17, 15) is 9.90 Å². The third kappa shape index (κ3) is 3.10. The van der Waals surface area contributed by atoms with Crippen molar-refractivity contribution < 1.29 is 14.6 Å². The molecule has 2 fully saturated rings. The van der Waals surface area contributed by atoms with Gasteiger partial charge in [0.05, 0.1) is 12.0 Å². The van der Waals surface area contributed by atoms with Gasteiger partial charge in [-0.15, -0.1) is 0 Å². The van der Waals surface area contributed by atoms with Gasteiger partial charge in [0.15, 0.2) is 0 Å². The van der Waals surface area contributed by atoms with E-state index in [0.717, 1.165) is 24.8 Å². The summed E-state index contributed by atoms with van der Waals surface area (Å²) in [6.07, 6.45) is 8.14. The molecule has 0 unspecified atom stereocenters. The number of carboxylic acid groups (broad SMARTS) is 1. The average Bonchev–Trinajstić information content (AvgIpc) is 2.45. The lowest BCUT2D eigenvalue weighted by Gasteiger charge is -2.34. The Kier molecular flexibility index (Phi) is 4.62. The Hall–Kier alpha value is -1.22. The minimum atomic E-state index is -0.794. The fraction of sp³-hybridized carbons (Fsp3) is 0.611. The molecule has 2 aliphatic rings. The second-order valence-electron chi connectivity index (χ2n) is 6.73. The third-order valence-corrected chi connectivity index (χ3v) is 5.47. The van der Waals surface area contributed by atoms with Gasteiger partial charge in [-0.1, -0.05) is 37.3 Å². The van der Waals surface area contributed by atoms with Crippen molar-refractivity contribution in [2.24, 2.45) is 5.92 Å². The van der Waals surface area contributed by atoms with Gasteiger partial charge < -0.3 is 9.84 Å². The van der Waals surface area contributed by atoms with Crippen LogP contribution in [0.1, 0.15) is 56.9 Å². The number of rotatable bonds is 5. The highest BCUT2D eigenvalue weighted by atomic mass is 35.5. The summed E-state index contributed by atoms with van der Waals surface area (Å²) in [5, 5.41) is 10.4. The lowest BCUT2D eigenvalue weighted by Crippen LogP contribution is -2.37. The molecule has 3 nitrogen and oxygen atoms in total. The highest BCUT2D eigenvalue weighted by Crippen LogP contribution is 2.42. The maximum absolute atomic E-state index is 11.9. The van der Waals surface area contributed by atoms with E-state index in [-0.39, 0.29) is 0 Å². The van der Waals surface area contributed by atoms with E-state index in [1.807, 2.05) is 6.07 Å². The summed E-state index contributed by atoms with van der Waals surface area (Å²) in [6, 6.07) is 5.49. The van der Waals surface area contributed by atoms with Crippen LogP contribution in [-0.4, -0.2) is 17.7 Å². The molecule has 1 N–H and O–H groups in total. The van der Waals surface area contributed by atoms with Crippen molar-refractivity contribution in [3.63, 3.8) is 0 Å². The van der Waals surface area contributed by atoms with E-state index < -0.39 is 11.4 Å². The summed E-state index contributed by atoms with van der Waals surface area (Å²) in [5.41, 5.74) is 0.00776. The molecule has 22 heavy (non-hydrogen) atoms. The van der Waals surface area contributed by atoms with Crippen LogP contribution in [-0.2, 0) is 10.2 Å². The number of halogens is 1. The Balaban J connectivity index is 1.84. The van der Waals surface area contributed by atoms with Crippen molar-refractivity contribution >= 4 is 17.6 Å². The molecule has 3 rings (SSSR count). The van der Waals surface area contributed by atoms with Gasteiger partial charge in [0.1, 0.15) is 5.75 Å². The summed E-state index contributed by atoms with van der Waals surface area (Å²) in [5.74, 6) is 0.616. The second-order valence-corrected chi connectivity index (χ2v) is 7.17. The first kappa shape index (κ1) is 15.7. The zero-order valence-corrected chi connectivity index (χ0v) is 13.6. The van der Waals surface area contributed by atoms with Crippen LogP contribution in [0.25, 0.3) is 0 Å². The zero-order chi connectivity index (χ0) is 15.6. The number of carbonyl (C=O) groups is 1. The Morgan fingerprint density at radius 3 is 2.50 bits per heavy atom. The summed E-state index contributed by atoms with van der Waals surface area (Å²) in [4.78, 5) is 11.9. The van der Waals surface area contributed by atoms with E-state index in [2.05, 4.69) is 0 Å². The highest BCUT2D eigenvalue weighted by Gasteiger charge is 2.41. The monoisotopic (exact) mass is 322 g/mol. The number of aliphatic carboxylic acids is 1. The van der Waals surface area contributed by atoms with E-state index in [1.165, 1.54) is 19.3 Å². The van der Waals surface area contributed by atoms with Crippen molar-refractivity contribution in [3.8, 4) is 5.75 Å². The molecule has 0 amide bonds. The first-order valence-electron chi connectivity index (χ1n) is 8.27. The minimum absolute atomic E-state index is 0.562. The smallest absolute Gasteiger partial charge is 0.314 e. The summed E-state index contributed by atoms with van der Waals surface area (Å²) >= 11 is 6.23. The maximum atomic E-state index is 11.9. The van der Waals surface area contributed by atoms with Crippen LogP contribution < -0.4 is 4.74 Å². The largest absolute Gasteiger partial charge is 0.493 e. The molecule has 1 aromatic carbocycles. The van der Waals surface area contributed by atoms with Gasteiger partial charge in [-0.25, -0.2) is 0 Å². The van der Waals surface area contributed by atoms with Gasteiger partial charge in [0, 0.05) is 5.02 Å². The van der Waals surface area contributed by atoms with Crippen molar-refractivity contribution in [1.29, 1.82) is 0 Å². The quantitative estimate of drug-likeness (QED) is 0.846. The van der Waals surface area contributed by atoms with Crippen molar-refractivity contribution in [2.75, 3.05) is 6.61 Å². The molecule has 0 heterocycles. The Morgan fingerprint density at radius 1 is 1.18 bits per heavy atom. The van der Waals surface area contributed by atoms with E-state index in [4.69, 9.17) is 16.3 Å². The highest BCUT2D eigenvalue weighted by molar-refractivity contribution is 6.30. The van der Waals surface area contributed by atoms with Gasteiger partial charge in [0.25, 0.3) is 0 Å². The number of hydrogen-bond acceptors (Lipinski definition) is 2. The second kappa shape index (κ2) is 6.49. The standard InChI is InChI=1S/C18H23ClO3/c19-15-9-14(18(17(20)21)7-2-1-3-8-18)10-16(11-15)22-12-13-5-4-6-13/h9-11,13H,1-8,12H2,(H,20,21). The molecular weight excluding hydrogens is 300 g/mol. The molecule has 0 aliphatic heterocycles. The lowest BCUT2D eigenvalue weighted by atomic mass is 9.69. The predicted octanol–water partition coefficient (Wildman–Crippen LogP) is 4.81. The van der Waals surface area contributed by atoms with Crippen LogP contribution in [0.5, 0.6) is 5.75 Å². The summed E-state index contributed by atoms with van der Waals surface area (Å²) in [7, 11) is 0. The molecule has 0 spiro atoms. The van der Waals surface area contributed by atoms with E-state index >= 15 is 0 Å². The maximum Gasteiger partial charge on any atom is 0.314 e. The van der Waals surface area contributed by atoms with Gasteiger partial charge in [-0.2, -0.15) is 0 Å². The predicted molar refractivity (Wildman–Crippen MR) is 86.7 cm³/mol. The van der Waals surface area contributed by atoms with Crippen molar-refractivity contribution in [2.45, 2.75) is 56.8 Å². The van der Waals surface area contributed by atoms with Crippen molar-refractivity contribution in [1.82, 2.24) is 0 Å². The van der Waals surface area contributed by atoms with Gasteiger partial charge in [-0.05, 0) is 55.4 Å². The van der Waals surface area contributed by atoms with Crippen LogP contribution in [0.2, 0.25) is 5.02 Å². The Morgan fingerprint density at radius 2 is 1.91 bits per heavy atom. The first-order chi connectivity index (χ1) is 10.6. The first-order valence-corrected chi connectivity index (χ1v) is 8.65. The normalized spacial score (nSPS) is 21.1. The van der Waals surface area contributed by atoms with Crippen LogP contribution in [0.3, 0.4) is 0 Å². The molecule has 4 heteroatoms. The molecule has 1 aromatic rings. The molecule has 0 atom stereocenters. The fourth-order valence-corrected chi connectivity index (χ4v) is 3.80. The molecule has 0 bridgehead atoms. The van der Waals surface area contributed by atoms with Crippen LogP contribution in [0, 0.1) is 5.92 Å². The number of hydrogen-bond donors (Lipinski definition) is 1. The molecular formula is C18H23ClO3. The third-order valence-electron chi connectivity index (χ3n) is 5.25. The minimum Gasteiger partial charge on any atom is -0.493 e. The van der Waals surface area contributed by atoms with Gasteiger partial charge in [-0.3, -0.25) is 4.79 Å². The summed E-state index contributed by atoms with van der Waals surface area (Å²) < 4.78 is 5.87. The average molecular weight is 323 g/mol. The molecule has 2 aliphatic carbocycles. The number of ether oxygens (including phenoxy) is 1. The molecule has 120 valence electrons. The molecule has 0 saturated heterocycles. The molecule has 2 saturated carbocycles. The van der Waals surface area contributed by atoms with E-state index in [1.54, 1.807) is 12.1 Å². The van der Waals surface area contributed by atoms with Gasteiger partial charge >= 0.3 is 5.97 Å². The summed E-state index contributed by atoms with van der Waals surface area (Å²) in [6.45, 7) is 0.708. The Labute approximate surface area is 136 Å². The van der Waals surface area contributed by atoms with E-state index in [0.29, 0.717) is 36.1 Å². The van der Waals surface area contributed by atoms with Gasteiger partial charge in [0.2, 0.25) is 0 Å². The number of carboxylic acids is 1. The fourth-order valence-electron chi connectivity index (χ4n) is 3.58. The van der Waals surface area contributed by atoms with Crippen LogP contribution >= 0.6 is 11.6 Å². The molecule has 0 aromatic heterocycles. The number of benzene rings is 1. The van der Waals surface area contributed by atoms with Crippen molar-refractivity contribution in [3.05, 3.63) is 28.8 Å². The molecule has 0 radical (unpaired) electrons. The SMILES string of the molecule is O=C(O)C1(c2cc(Cl)cc(OCC3CCC3)c2)CCCCC1. The zero-order valence-electron chi connectivity index (χ0n) is 12.8. The van der Waals surface area contributed by atoms with Crippen LogP contribution in [0.15, 0.2) is 18.2 Å². The topological polar surface area (TPSA) is 46.5 Å². The van der Waals surface area contributed by atoms with Crippen LogP contribution in [0.4, 0.5) is 0 Å². The Bertz CT molecular complexity index is 545.